The van der Waals surface area contributed by atoms with E-state index in [4.69, 9.17) is 4.74 Å². The molecule has 2 amide bonds. The van der Waals surface area contributed by atoms with Crippen LogP contribution in [-0.4, -0.2) is 40.1 Å². The van der Waals surface area contributed by atoms with Crippen molar-refractivity contribution in [2.45, 2.75) is 13.3 Å². The summed E-state index contributed by atoms with van der Waals surface area (Å²) in [4.78, 5) is 29.7. The van der Waals surface area contributed by atoms with Crippen LogP contribution in [0.4, 0.5) is 10.9 Å². The molecule has 1 N–H and O–H groups in total. The molecule has 3 heterocycles. The van der Waals surface area contributed by atoms with Crippen LogP contribution in [0.25, 0.3) is 0 Å². The number of fused-ring (bicyclic) bond motifs is 1. The summed E-state index contributed by atoms with van der Waals surface area (Å²) in [6.45, 7) is 1.67. The fourth-order valence-corrected chi connectivity index (χ4v) is 2.96. The number of amides is 2. The van der Waals surface area contributed by atoms with Crippen molar-refractivity contribution in [1.29, 1.82) is 0 Å². The van der Waals surface area contributed by atoms with Crippen molar-refractivity contribution < 1.29 is 14.3 Å². The molecule has 0 saturated carbocycles. The summed E-state index contributed by atoms with van der Waals surface area (Å²) < 4.78 is 5.86. The molecule has 10 heteroatoms. The van der Waals surface area contributed by atoms with Gasteiger partial charge in [0.1, 0.15) is 16.2 Å². The van der Waals surface area contributed by atoms with Crippen molar-refractivity contribution in [1.82, 2.24) is 15.2 Å². The second kappa shape index (κ2) is 6.59. The zero-order valence-corrected chi connectivity index (χ0v) is 14.5. The van der Waals surface area contributed by atoms with Gasteiger partial charge in [0.15, 0.2) is 18.2 Å². The van der Waals surface area contributed by atoms with E-state index in [1.807, 2.05) is 6.92 Å². The number of aryl methyl sites for hydroxylation is 1. The van der Waals surface area contributed by atoms with Gasteiger partial charge in [-0.25, -0.2) is 4.98 Å². The maximum atomic E-state index is 12.2. The fourth-order valence-electron chi connectivity index (χ4n) is 1.97. The maximum Gasteiger partial charge on any atom is 0.266 e. The number of pyridine rings is 1. The quantitative estimate of drug-likeness (QED) is 0.787. The lowest BCUT2D eigenvalue weighted by molar-refractivity contribution is -0.123. The molecule has 2 aromatic heterocycles. The topological polar surface area (TPSA) is 97.3 Å². The summed E-state index contributed by atoms with van der Waals surface area (Å²) in [7, 11) is 0. The molecule has 1 aliphatic rings. The van der Waals surface area contributed by atoms with Gasteiger partial charge < -0.3 is 4.74 Å². The minimum absolute atomic E-state index is 0.123. The van der Waals surface area contributed by atoms with E-state index in [2.05, 4.69) is 36.4 Å². The minimum atomic E-state index is -0.369. The Morgan fingerprint density at radius 3 is 3.04 bits per heavy atom. The van der Waals surface area contributed by atoms with Crippen LogP contribution in [-0.2, 0) is 16.0 Å². The van der Waals surface area contributed by atoms with Crippen LogP contribution < -0.4 is 15.0 Å². The smallest absolute Gasteiger partial charge is 0.266 e. The van der Waals surface area contributed by atoms with Gasteiger partial charge in [0, 0.05) is 0 Å². The van der Waals surface area contributed by atoms with Gasteiger partial charge in [0.25, 0.3) is 5.91 Å². The lowest BCUT2D eigenvalue weighted by Gasteiger charge is -2.27. The molecule has 120 valence electrons. The molecule has 0 aromatic carbocycles. The number of halogens is 1. The van der Waals surface area contributed by atoms with E-state index < -0.39 is 0 Å². The first-order valence-corrected chi connectivity index (χ1v) is 8.39. The van der Waals surface area contributed by atoms with Gasteiger partial charge in [-0.05, 0) is 34.5 Å². The normalized spacial score (nSPS) is 13.5. The molecule has 0 fully saturated rings. The molecule has 0 spiro atoms. The van der Waals surface area contributed by atoms with Crippen molar-refractivity contribution in [3.8, 4) is 5.75 Å². The van der Waals surface area contributed by atoms with E-state index in [9.17, 15) is 9.59 Å². The van der Waals surface area contributed by atoms with E-state index in [1.54, 1.807) is 12.1 Å². The third-order valence-electron chi connectivity index (χ3n) is 3.03. The molecule has 1 aliphatic heterocycles. The van der Waals surface area contributed by atoms with E-state index in [1.165, 1.54) is 16.2 Å². The predicted molar refractivity (Wildman–Crippen MR) is 87.7 cm³/mol. The summed E-state index contributed by atoms with van der Waals surface area (Å²) in [5.74, 6) is 0.0820. The second-order valence-electron chi connectivity index (χ2n) is 4.63. The summed E-state index contributed by atoms with van der Waals surface area (Å²) in [5.41, 5.74) is 0. The highest BCUT2D eigenvalue weighted by atomic mass is 79.9. The Morgan fingerprint density at radius 1 is 1.48 bits per heavy atom. The summed E-state index contributed by atoms with van der Waals surface area (Å²) in [6.07, 6.45) is 0.751. The van der Waals surface area contributed by atoms with Gasteiger partial charge in [-0.1, -0.05) is 18.3 Å². The van der Waals surface area contributed by atoms with Crippen molar-refractivity contribution in [3.05, 3.63) is 21.7 Å². The second-order valence-corrected chi connectivity index (χ2v) is 6.50. The Kier molecular flexibility index (Phi) is 4.53. The molecule has 2 aromatic rings. The molecule has 3 rings (SSSR count). The van der Waals surface area contributed by atoms with Crippen LogP contribution in [0.15, 0.2) is 16.7 Å². The number of nitrogens with one attached hydrogen (secondary N) is 1. The average molecular weight is 398 g/mol. The largest absolute Gasteiger partial charge is 0.480 e. The zero-order valence-electron chi connectivity index (χ0n) is 12.1. The number of hydrogen-bond donors (Lipinski definition) is 1. The van der Waals surface area contributed by atoms with Crippen LogP contribution in [0.3, 0.4) is 0 Å². The number of nitrogens with zero attached hydrogens (tertiary/aromatic N) is 4. The van der Waals surface area contributed by atoms with Gasteiger partial charge in [-0.2, -0.15) is 0 Å². The Hall–Kier alpha value is -2.07. The molecule has 0 radical (unpaired) electrons. The number of carbonyl (C=O) groups excluding carboxylic acids is 2. The number of rotatable bonds is 4. The Morgan fingerprint density at radius 2 is 2.30 bits per heavy atom. The van der Waals surface area contributed by atoms with Crippen molar-refractivity contribution >= 4 is 50.0 Å². The number of aromatic nitrogens is 3. The first kappa shape index (κ1) is 15.8. The van der Waals surface area contributed by atoms with Crippen LogP contribution in [0, 0.1) is 0 Å². The van der Waals surface area contributed by atoms with Crippen molar-refractivity contribution in [2.75, 3.05) is 23.4 Å². The van der Waals surface area contributed by atoms with Gasteiger partial charge in [-0.15, -0.1) is 10.2 Å². The number of hydrogen-bond acceptors (Lipinski definition) is 7. The van der Waals surface area contributed by atoms with E-state index >= 15 is 0 Å². The molecule has 0 bridgehead atoms. The van der Waals surface area contributed by atoms with Crippen molar-refractivity contribution in [3.63, 3.8) is 0 Å². The van der Waals surface area contributed by atoms with E-state index in [0.29, 0.717) is 21.3 Å². The van der Waals surface area contributed by atoms with Crippen LogP contribution >= 0.6 is 27.3 Å². The molecule has 23 heavy (non-hydrogen) atoms. The standard InChI is InChI=1S/C13H12BrN5O3S/c1-2-10-17-18-13(23-10)16-9(20)5-19-11(21)6-22-7-3-4-8(14)15-12(7)19/h3-4H,2,5-6H2,1H3,(H,16,18,20). The number of anilines is 2. The number of carbonyl (C=O) groups is 2. The fraction of sp³-hybridized carbons (Fsp3) is 0.308. The van der Waals surface area contributed by atoms with Crippen molar-refractivity contribution in [2.24, 2.45) is 0 Å². The third kappa shape index (κ3) is 3.48. The molecular formula is C13H12BrN5O3S. The number of ether oxygens (including phenoxy) is 1. The SMILES string of the molecule is CCc1nnc(NC(=O)CN2C(=O)COc3ccc(Br)nc32)s1. The van der Waals surface area contributed by atoms with Gasteiger partial charge in [-0.3, -0.25) is 19.8 Å². The Balaban J connectivity index is 1.75. The first-order valence-electron chi connectivity index (χ1n) is 6.78. The highest BCUT2D eigenvalue weighted by Crippen LogP contribution is 2.31. The maximum absolute atomic E-state index is 12.2. The molecular weight excluding hydrogens is 386 g/mol. The summed E-state index contributed by atoms with van der Waals surface area (Å²) in [6, 6.07) is 3.41. The average Bonchev–Trinajstić information content (AvgIpc) is 2.98. The highest BCUT2D eigenvalue weighted by molar-refractivity contribution is 9.10. The lowest BCUT2D eigenvalue weighted by Crippen LogP contribution is -2.44. The lowest BCUT2D eigenvalue weighted by atomic mass is 10.3. The monoisotopic (exact) mass is 397 g/mol. The van der Waals surface area contributed by atoms with Gasteiger partial charge in [0.05, 0.1) is 0 Å². The van der Waals surface area contributed by atoms with Crippen LogP contribution in [0.5, 0.6) is 5.75 Å². The molecule has 0 atom stereocenters. The summed E-state index contributed by atoms with van der Waals surface area (Å²) >= 11 is 4.55. The Bertz CT molecular complexity index is 766. The molecule has 0 saturated heterocycles. The molecule has 0 unspecified atom stereocenters. The highest BCUT2D eigenvalue weighted by Gasteiger charge is 2.29. The molecule has 0 aliphatic carbocycles. The van der Waals surface area contributed by atoms with Gasteiger partial charge in [0.2, 0.25) is 11.0 Å². The predicted octanol–water partition coefficient (Wildman–Crippen LogP) is 1.62. The van der Waals surface area contributed by atoms with Gasteiger partial charge >= 0.3 is 0 Å². The minimum Gasteiger partial charge on any atom is -0.480 e. The first-order chi connectivity index (χ1) is 11.1. The Labute approximate surface area is 144 Å². The molecule has 8 nitrogen and oxygen atoms in total. The van der Waals surface area contributed by atoms with Crippen LogP contribution in [0.1, 0.15) is 11.9 Å². The van der Waals surface area contributed by atoms with E-state index in [-0.39, 0.29) is 25.0 Å². The van der Waals surface area contributed by atoms with E-state index in [0.717, 1.165) is 11.4 Å². The zero-order chi connectivity index (χ0) is 16.4. The third-order valence-corrected chi connectivity index (χ3v) is 4.46. The summed E-state index contributed by atoms with van der Waals surface area (Å²) in [5, 5.41) is 11.7. The van der Waals surface area contributed by atoms with Crippen LogP contribution in [0.2, 0.25) is 0 Å².